The molecular formula is C13H9N3O10. The summed E-state index contributed by atoms with van der Waals surface area (Å²) in [5.74, 6) is -5.31. The van der Waals surface area contributed by atoms with Crippen LogP contribution in [0.3, 0.4) is 0 Å². The van der Waals surface area contributed by atoms with Crippen molar-refractivity contribution < 1.29 is 44.5 Å². The van der Waals surface area contributed by atoms with Crippen molar-refractivity contribution in [3.05, 3.63) is 56.9 Å². The number of aromatic nitrogens is 2. The van der Waals surface area contributed by atoms with Crippen LogP contribution in [-0.4, -0.2) is 59.4 Å². The van der Waals surface area contributed by atoms with Crippen molar-refractivity contribution in [2.24, 2.45) is 0 Å². The van der Waals surface area contributed by atoms with Crippen LogP contribution >= 0.6 is 0 Å². The number of nitro benzene ring substituents is 1. The lowest BCUT2D eigenvalue weighted by molar-refractivity contribution is -0.385. The molecule has 13 heteroatoms. The van der Waals surface area contributed by atoms with E-state index in [-0.39, 0.29) is 17.0 Å². The fourth-order valence-corrected chi connectivity index (χ4v) is 1.54. The number of aromatic amines is 1. The minimum absolute atomic E-state index is 0.234. The molecule has 2 rings (SSSR count). The summed E-state index contributed by atoms with van der Waals surface area (Å²) in [5, 5.41) is 49.5. The van der Waals surface area contributed by atoms with Crippen LogP contribution in [0.5, 0.6) is 0 Å². The molecule has 0 radical (unpaired) electrons. The maximum Gasteiger partial charge on any atom is 0.356 e. The molecule has 13 nitrogen and oxygen atoms in total. The number of carboxylic acid groups (broad SMARTS) is 4. The van der Waals surface area contributed by atoms with Gasteiger partial charge in [-0.05, 0) is 12.1 Å². The summed E-state index contributed by atoms with van der Waals surface area (Å²) in [6.07, 6.45) is 0. The van der Waals surface area contributed by atoms with Gasteiger partial charge in [-0.15, -0.1) is 0 Å². The molecule has 136 valence electrons. The number of H-pyrrole nitrogens is 1. The van der Waals surface area contributed by atoms with Gasteiger partial charge < -0.3 is 20.4 Å². The second-order valence-electron chi connectivity index (χ2n) is 4.38. The SMILES string of the molecule is O=C(O)c1cc(C(=O)O)[nH]n1.O=C(O)c1ccc(C(=O)O)c([N+](=O)[O-])c1. The number of aromatic carboxylic acids is 4. The summed E-state index contributed by atoms with van der Waals surface area (Å²) in [4.78, 5) is 50.9. The van der Waals surface area contributed by atoms with Crippen LogP contribution in [0, 0.1) is 10.1 Å². The average Bonchev–Trinajstić information content (AvgIpc) is 3.05. The van der Waals surface area contributed by atoms with E-state index in [0.717, 1.165) is 18.2 Å². The van der Waals surface area contributed by atoms with Gasteiger partial charge in [0.25, 0.3) is 5.69 Å². The van der Waals surface area contributed by atoms with Crippen molar-refractivity contribution in [1.29, 1.82) is 0 Å². The molecule has 0 aliphatic heterocycles. The number of nitro groups is 1. The van der Waals surface area contributed by atoms with Crippen molar-refractivity contribution in [3.8, 4) is 0 Å². The van der Waals surface area contributed by atoms with Crippen molar-refractivity contribution in [1.82, 2.24) is 10.2 Å². The van der Waals surface area contributed by atoms with Gasteiger partial charge in [-0.25, -0.2) is 19.2 Å². The van der Waals surface area contributed by atoms with Crippen LogP contribution in [0.2, 0.25) is 0 Å². The zero-order valence-electron chi connectivity index (χ0n) is 12.4. The smallest absolute Gasteiger partial charge is 0.356 e. The monoisotopic (exact) mass is 367 g/mol. The summed E-state index contributed by atoms with van der Waals surface area (Å²) in [6.45, 7) is 0. The molecule has 0 bridgehead atoms. The summed E-state index contributed by atoms with van der Waals surface area (Å²) in [7, 11) is 0. The van der Waals surface area contributed by atoms with Gasteiger partial charge in [-0.3, -0.25) is 15.2 Å². The zero-order valence-corrected chi connectivity index (χ0v) is 12.4. The van der Waals surface area contributed by atoms with Gasteiger partial charge in [0.05, 0.1) is 10.5 Å². The summed E-state index contributed by atoms with van der Waals surface area (Å²) in [5.41, 5.74) is -2.14. The Bertz CT molecular complexity index is 873. The number of hydrogen-bond acceptors (Lipinski definition) is 7. The summed E-state index contributed by atoms with van der Waals surface area (Å²) < 4.78 is 0. The van der Waals surface area contributed by atoms with Crippen molar-refractivity contribution in [2.45, 2.75) is 0 Å². The maximum atomic E-state index is 10.6. The predicted octanol–water partition coefficient (Wildman–Crippen LogP) is 0.797. The second-order valence-corrected chi connectivity index (χ2v) is 4.38. The Kier molecular flexibility index (Phi) is 6.08. The molecule has 26 heavy (non-hydrogen) atoms. The molecule has 1 aromatic heterocycles. The lowest BCUT2D eigenvalue weighted by atomic mass is 10.1. The van der Waals surface area contributed by atoms with E-state index in [0.29, 0.717) is 6.07 Å². The first-order valence-corrected chi connectivity index (χ1v) is 6.31. The molecule has 2 aromatic rings. The van der Waals surface area contributed by atoms with E-state index in [1.165, 1.54) is 0 Å². The van der Waals surface area contributed by atoms with Crippen LogP contribution in [0.4, 0.5) is 5.69 Å². The number of nitrogens with one attached hydrogen (secondary N) is 1. The van der Waals surface area contributed by atoms with Gasteiger partial charge in [0.15, 0.2) is 5.69 Å². The highest BCUT2D eigenvalue weighted by atomic mass is 16.6. The third kappa shape index (κ3) is 4.85. The fraction of sp³-hybridized carbons (Fsp3) is 0. The van der Waals surface area contributed by atoms with Gasteiger partial charge in [0, 0.05) is 12.1 Å². The number of carbonyl (C=O) groups is 4. The predicted molar refractivity (Wildman–Crippen MR) is 79.5 cm³/mol. The molecule has 0 amide bonds. The van der Waals surface area contributed by atoms with E-state index >= 15 is 0 Å². The number of hydrogen-bond donors (Lipinski definition) is 5. The standard InChI is InChI=1S/C8H5NO6.C5H4N2O4/c10-7(11)4-1-2-5(8(12)13)6(3-4)9(14)15;8-4(9)2-1-3(5(10)11)7-6-2/h1-3H,(H,10,11)(H,12,13);1H,(H,6,7)(H,8,9)(H,10,11). The Balaban J connectivity index is 0.000000273. The molecule has 0 spiro atoms. The van der Waals surface area contributed by atoms with Gasteiger partial charge in [0.1, 0.15) is 11.3 Å². The Morgan fingerprint density at radius 3 is 1.88 bits per heavy atom. The zero-order chi connectivity index (χ0) is 20.0. The molecule has 0 aliphatic rings. The largest absolute Gasteiger partial charge is 0.478 e. The Morgan fingerprint density at radius 1 is 0.923 bits per heavy atom. The second kappa shape index (κ2) is 8.00. The van der Waals surface area contributed by atoms with Crippen LogP contribution < -0.4 is 0 Å². The van der Waals surface area contributed by atoms with E-state index < -0.39 is 40.1 Å². The van der Waals surface area contributed by atoms with Gasteiger partial charge >= 0.3 is 23.9 Å². The first kappa shape index (κ1) is 19.8. The highest BCUT2D eigenvalue weighted by Gasteiger charge is 2.21. The molecule has 0 saturated heterocycles. The topological polar surface area (TPSA) is 221 Å². The lowest BCUT2D eigenvalue weighted by Crippen LogP contribution is -2.05. The summed E-state index contributed by atoms with van der Waals surface area (Å²) in [6, 6.07) is 3.55. The number of rotatable bonds is 5. The Labute approximate surface area is 142 Å². The highest BCUT2D eigenvalue weighted by molar-refractivity contribution is 5.95. The van der Waals surface area contributed by atoms with Crippen molar-refractivity contribution in [2.75, 3.05) is 0 Å². The summed E-state index contributed by atoms with van der Waals surface area (Å²) >= 11 is 0. The minimum Gasteiger partial charge on any atom is -0.478 e. The molecule has 0 aliphatic carbocycles. The maximum absolute atomic E-state index is 10.6. The normalized spacial score (nSPS) is 9.54. The van der Waals surface area contributed by atoms with E-state index in [9.17, 15) is 29.3 Å². The average molecular weight is 367 g/mol. The van der Waals surface area contributed by atoms with Crippen LogP contribution in [0.25, 0.3) is 0 Å². The third-order valence-electron chi connectivity index (χ3n) is 2.70. The number of carboxylic acids is 4. The van der Waals surface area contributed by atoms with Crippen LogP contribution in [0.15, 0.2) is 24.3 Å². The van der Waals surface area contributed by atoms with E-state index in [1.54, 1.807) is 0 Å². The van der Waals surface area contributed by atoms with E-state index in [4.69, 9.17) is 20.4 Å². The molecule has 0 fully saturated rings. The van der Waals surface area contributed by atoms with E-state index in [2.05, 4.69) is 10.2 Å². The Morgan fingerprint density at radius 2 is 1.54 bits per heavy atom. The third-order valence-corrected chi connectivity index (χ3v) is 2.70. The first-order valence-electron chi connectivity index (χ1n) is 6.31. The van der Waals surface area contributed by atoms with Gasteiger partial charge in [-0.2, -0.15) is 5.10 Å². The quantitative estimate of drug-likeness (QED) is 0.367. The van der Waals surface area contributed by atoms with Gasteiger partial charge in [-0.1, -0.05) is 0 Å². The van der Waals surface area contributed by atoms with Crippen molar-refractivity contribution >= 4 is 29.6 Å². The molecule has 0 atom stereocenters. The Hall–Kier alpha value is -4.29. The number of benzene rings is 1. The highest BCUT2D eigenvalue weighted by Crippen LogP contribution is 2.20. The first-order chi connectivity index (χ1) is 12.0. The van der Waals surface area contributed by atoms with E-state index in [1.807, 2.05) is 0 Å². The van der Waals surface area contributed by atoms with Crippen molar-refractivity contribution in [3.63, 3.8) is 0 Å². The fourth-order valence-electron chi connectivity index (χ4n) is 1.54. The molecular weight excluding hydrogens is 358 g/mol. The molecule has 0 saturated carbocycles. The minimum atomic E-state index is -1.47. The van der Waals surface area contributed by atoms with Crippen LogP contribution in [0.1, 0.15) is 41.7 Å². The lowest BCUT2D eigenvalue weighted by Gasteiger charge is -1.99. The molecule has 5 N–H and O–H groups in total. The number of nitrogens with zero attached hydrogens (tertiary/aromatic N) is 2. The molecule has 0 unspecified atom stereocenters. The molecule has 1 aromatic carbocycles. The molecule has 1 heterocycles. The van der Waals surface area contributed by atoms with Gasteiger partial charge in [0.2, 0.25) is 0 Å². The van der Waals surface area contributed by atoms with Crippen LogP contribution in [-0.2, 0) is 0 Å².